The number of hydrogen-bond donors (Lipinski definition) is 4. The van der Waals surface area contributed by atoms with Crippen molar-refractivity contribution in [1.29, 1.82) is 0 Å². The molecular formula is C17H40N4O2. The Morgan fingerprint density at radius 2 is 0.913 bits per heavy atom. The molecule has 0 unspecified atom stereocenters. The van der Waals surface area contributed by atoms with Gasteiger partial charge in [-0.3, -0.25) is 0 Å². The Morgan fingerprint density at radius 1 is 0.522 bits per heavy atom. The van der Waals surface area contributed by atoms with E-state index in [4.69, 9.17) is 32.4 Å². The van der Waals surface area contributed by atoms with Crippen molar-refractivity contribution in [1.82, 2.24) is 0 Å². The van der Waals surface area contributed by atoms with Crippen molar-refractivity contribution < 1.29 is 9.47 Å². The highest BCUT2D eigenvalue weighted by Gasteiger charge is 2.30. The van der Waals surface area contributed by atoms with Crippen molar-refractivity contribution >= 4 is 0 Å². The van der Waals surface area contributed by atoms with E-state index in [9.17, 15) is 0 Å². The second-order valence-electron chi connectivity index (χ2n) is 6.38. The Hall–Kier alpha value is -0.240. The van der Waals surface area contributed by atoms with Gasteiger partial charge >= 0.3 is 0 Å². The third-order valence-corrected chi connectivity index (χ3v) is 4.12. The van der Waals surface area contributed by atoms with E-state index >= 15 is 0 Å². The highest BCUT2D eigenvalue weighted by Crippen LogP contribution is 2.32. The lowest BCUT2D eigenvalue weighted by atomic mass is 9.79. The fourth-order valence-electron chi connectivity index (χ4n) is 2.69. The van der Waals surface area contributed by atoms with Crippen LogP contribution < -0.4 is 22.9 Å². The molecule has 0 fully saturated rings. The summed E-state index contributed by atoms with van der Waals surface area (Å²) in [6.45, 7) is 5.70. The maximum absolute atomic E-state index is 5.91. The zero-order valence-electron chi connectivity index (χ0n) is 14.9. The third-order valence-electron chi connectivity index (χ3n) is 4.12. The maximum atomic E-state index is 5.91. The third kappa shape index (κ3) is 12.8. The second kappa shape index (κ2) is 16.6. The lowest BCUT2D eigenvalue weighted by Crippen LogP contribution is -2.34. The SMILES string of the molecule is NCCCCC(CCCCN)(COCCCN)COCCCN. The molecule has 0 aliphatic carbocycles. The summed E-state index contributed by atoms with van der Waals surface area (Å²) in [6, 6.07) is 0. The minimum Gasteiger partial charge on any atom is -0.381 e. The largest absolute Gasteiger partial charge is 0.381 e. The molecule has 0 atom stereocenters. The standard InChI is InChI=1S/C17H40N4O2/c18-9-3-1-7-17(8-2-4-10-19,15-22-13-5-11-20)16-23-14-6-12-21/h1-16,18-21H2. The molecule has 0 aliphatic rings. The van der Waals surface area contributed by atoms with Gasteiger partial charge < -0.3 is 32.4 Å². The molecule has 0 aromatic rings. The van der Waals surface area contributed by atoms with Gasteiger partial charge in [0.1, 0.15) is 0 Å². The van der Waals surface area contributed by atoms with Gasteiger partial charge in [0, 0.05) is 18.6 Å². The van der Waals surface area contributed by atoms with Crippen molar-refractivity contribution in [3.05, 3.63) is 0 Å². The molecule has 0 heterocycles. The van der Waals surface area contributed by atoms with Crippen LogP contribution in [0.4, 0.5) is 0 Å². The summed E-state index contributed by atoms with van der Waals surface area (Å²) in [5.74, 6) is 0. The van der Waals surface area contributed by atoms with Crippen molar-refractivity contribution in [3.63, 3.8) is 0 Å². The van der Waals surface area contributed by atoms with Crippen LogP contribution in [0.25, 0.3) is 0 Å². The Morgan fingerprint density at radius 3 is 1.26 bits per heavy atom. The van der Waals surface area contributed by atoms with Crippen molar-refractivity contribution in [2.24, 2.45) is 28.3 Å². The molecule has 0 spiro atoms. The van der Waals surface area contributed by atoms with Gasteiger partial charge in [-0.2, -0.15) is 0 Å². The van der Waals surface area contributed by atoms with Crippen LogP contribution in [0.1, 0.15) is 51.4 Å². The number of unbranched alkanes of at least 4 members (excludes halogenated alkanes) is 2. The van der Waals surface area contributed by atoms with Gasteiger partial charge in [-0.1, -0.05) is 12.8 Å². The molecular weight excluding hydrogens is 292 g/mol. The quantitative estimate of drug-likeness (QED) is 0.277. The van der Waals surface area contributed by atoms with Gasteiger partial charge in [0.05, 0.1) is 13.2 Å². The van der Waals surface area contributed by atoms with Crippen LogP contribution in [-0.2, 0) is 9.47 Å². The first-order valence-electron chi connectivity index (χ1n) is 9.20. The van der Waals surface area contributed by atoms with E-state index < -0.39 is 0 Å². The van der Waals surface area contributed by atoms with Crippen molar-refractivity contribution in [2.45, 2.75) is 51.4 Å². The summed E-state index contributed by atoms with van der Waals surface area (Å²) in [5, 5.41) is 0. The zero-order chi connectivity index (χ0) is 17.2. The second-order valence-corrected chi connectivity index (χ2v) is 6.38. The summed E-state index contributed by atoms with van der Waals surface area (Å²) in [6.07, 6.45) is 8.28. The number of rotatable bonds is 18. The van der Waals surface area contributed by atoms with E-state index in [1.165, 1.54) is 0 Å². The number of hydrogen-bond acceptors (Lipinski definition) is 6. The van der Waals surface area contributed by atoms with Crippen LogP contribution >= 0.6 is 0 Å². The van der Waals surface area contributed by atoms with E-state index in [-0.39, 0.29) is 5.41 Å². The predicted octanol–water partition coefficient (Wildman–Crippen LogP) is 0.962. The first kappa shape index (κ1) is 22.8. The lowest BCUT2D eigenvalue weighted by Gasteiger charge is -2.34. The number of nitrogens with two attached hydrogens (primary N) is 4. The van der Waals surface area contributed by atoms with Gasteiger partial charge in [0.15, 0.2) is 0 Å². The summed E-state index contributed by atoms with van der Waals surface area (Å²) in [4.78, 5) is 0. The van der Waals surface area contributed by atoms with Gasteiger partial charge in [-0.15, -0.1) is 0 Å². The van der Waals surface area contributed by atoms with Crippen LogP contribution in [0.5, 0.6) is 0 Å². The minimum atomic E-state index is 0.0630. The van der Waals surface area contributed by atoms with Gasteiger partial charge in [0.2, 0.25) is 0 Å². The molecule has 0 radical (unpaired) electrons. The molecule has 8 N–H and O–H groups in total. The minimum absolute atomic E-state index is 0.0630. The highest BCUT2D eigenvalue weighted by atomic mass is 16.5. The van der Waals surface area contributed by atoms with Crippen molar-refractivity contribution in [3.8, 4) is 0 Å². The first-order chi connectivity index (χ1) is 11.2. The summed E-state index contributed by atoms with van der Waals surface area (Å²) < 4.78 is 11.8. The van der Waals surface area contributed by atoms with Gasteiger partial charge in [0.25, 0.3) is 0 Å². The summed E-state index contributed by atoms with van der Waals surface area (Å²) in [5.41, 5.74) is 22.5. The van der Waals surface area contributed by atoms with Gasteiger partial charge in [-0.05, 0) is 64.7 Å². The Bertz CT molecular complexity index is 219. The molecule has 140 valence electrons. The normalized spacial score (nSPS) is 12.0. The number of ether oxygens (including phenoxy) is 2. The molecule has 0 bridgehead atoms. The summed E-state index contributed by atoms with van der Waals surface area (Å²) in [7, 11) is 0. The van der Waals surface area contributed by atoms with Crippen LogP contribution in [0, 0.1) is 5.41 Å². The topological polar surface area (TPSA) is 123 Å². The highest BCUT2D eigenvalue weighted by molar-refractivity contribution is 4.80. The molecule has 0 aromatic carbocycles. The first-order valence-corrected chi connectivity index (χ1v) is 9.20. The maximum Gasteiger partial charge on any atom is 0.0544 e. The fraction of sp³-hybridized carbons (Fsp3) is 1.00. The average Bonchev–Trinajstić information content (AvgIpc) is 2.56. The monoisotopic (exact) mass is 332 g/mol. The molecule has 0 saturated heterocycles. The molecule has 6 heteroatoms. The van der Waals surface area contributed by atoms with Crippen molar-refractivity contribution in [2.75, 3.05) is 52.6 Å². The molecule has 0 amide bonds. The summed E-state index contributed by atoms with van der Waals surface area (Å²) >= 11 is 0. The van der Waals surface area contributed by atoms with E-state index in [2.05, 4.69) is 0 Å². The Balaban J connectivity index is 4.55. The van der Waals surface area contributed by atoms with E-state index in [0.717, 1.165) is 90.9 Å². The fourth-order valence-corrected chi connectivity index (χ4v) is 2.69. The van der Waals surface area contributed by atoms with E-state index in [1.54, 1.807) is 0 Å². The van der Waals surface area contributed by atoms with Crippen LogP contribution in [0.15, 0.2) is 0 Å². The lowest BCUT2D eigenvalue weighted by molar-refractivity contribution is -0.0348. The molecule has 0 rings (SSSR count). The van der Waals surface area contributed by atoms with Crippen LogP contribution in [0.3, 0.4) is 0 Å². The van der Waals surface area contributed by atoms with Crippen LogP contribution in [-0.4, -0.2) is 52.6 Å². The molecule has 6 nitrogen and oxygen atoms in total. The molecule has 0 saturated carbocycles. The molecule has 0 aromatic heterocycles. The Labute approximate surface area is 142 Å². The molecule has 0 aliphatic heterocycles. The Kier molecular flexibility index (Phi) is 16.4. The zero-order valence-corrected chi connectivity index (χ0v) is 14.9. The molecule has 23 heavy (non-hydrogen) atoms. The van der Waals surface area contributed by atoms with Gasteiger partial charge in [-0.25, -0.2) is 0 Å². The van der Waals surface area contributed by atoms with Crippen LogP contribution in [0.2, 0.25) is 0 Å². The average molecular weight is 333 g/mol. The predicted molar refractivity (Wildman–Crippen MR) is 97.2 cm³/mol. The van der Waals surface area contributed by atoms with E-state index in [0.29, 0.717) is 13.1 Å². The van der Waals surface area contributed by atoms with E-state index in [1.807, 2.05) is 0 Å². The smallest absolute Gasteiger partial charge is 0.0544 e.